The van der Waals surface area contributed by atoms with Gasteiger partial charge in [0.15, 0.2) is 0 Å². The molecule has 114 valence electrons. The summed E-state index contributed by atoms with van der Waals surface area (Å²) in [6.45, 7) is 3.49. The van der Waals surface area contributed by atoms with Gasteiger partial charge < -0.3 is 5.32 Å². The van der Waals surface area contributed by atoms with Gasteiger partial charge in [-0.25, -0.2) is 0 Å². The summed E-state index contributed by atoms with van der Waals surface area (Å²) in [5.74, 6) is 0.818. The third-order valence-electron chi connectivity index (χ3n) is 5.34. The molecule has 0 amide bonds. The normalized spacial score (nSPS) is 30.4. The topological polar surface area (TPSA) is 15.3 Å². The fraction of sp³-hybridized carbons (Fsp3) is 0.400. The Kier molecular flexibility index (Phi) is 3.96. The molecule has 2 aromatic rings. The molecule has 2 aromatic carbocycles. The zero-order valence-electron chi connectivity index (χ0n) is 13.0. The summed E-state index contributed by atoms with van der Waals surface area (Å²) in [7, 11) is 0. The lowest BCUT2D eigenvalue weighted by Crippen LogP contribution is -2.57. The maximum atomic E-state index is 3.88. The predicted molar refractivity (Wildman–Crippen MR) is 90.5 cm³/mol. The Labute approximate surface area is 133 Å². The zero-order valence-corrected chi connectivity index (χ0v) is 13.0. The second-order valence-corrected chi connectivity index (χ2v) is 6.62. The van der Waals surface area contributed by atoms with E-state index in [0.29, 0.717) is 12.1 Å². The third kappa shape index (κ3) is 2.69. The summed E-state index contributed by atoms with van der Waals surface area (Å²) in [6.07, 6.45) is 2.69. The lowest BCUT2D eigenvalue weighted by molar-refractivity contribution is 0.0112. The van der Waals surface area contributed by atoms with E-state index in [1.165, 1.54) is 37.1 Å². The molecule has 2 heteroatoms. The van der Waals surface area contributed by atoms with Gasteiger partial charge in [0.05, 0.1) is 6.04 Å². The average molecular weight is 292 g/mol. The predicted octanol–water partition coefficient (Wildman–Crippen LogP) is 3.61. The number of hydrogen-bond acceptors (Lipinski definition) is 2. The molecule has 1 unspecified atom stereocenters. The molecule has 0 spiro atoms. The summed E-state index contributed by atoms with van der Waals surface area (Å²) in [4.78, 5) is 2.68. The maximum absolute atomic E-state index is 3.88. The molecule has 22 heavy (non-hydrogen) atoms. The minimum atomic E-state index is 0.539. The second-order valence-electron chi connectivity index (χ2n) is 6.62. The van der Waals surface area contributed by atoms with Crippen molar-refractivity contribution in [1.29, 1.82) is 0 Å². The molecule has 0 saturated carbocycles. The van der Waals surface area contributed by atoms with Crippen molar-refractivity contribution in [3.63, 3.8) is 0 Å². The van der Waals surface area contributed by atoms with E-state index in [1.807, 2.05) is 0 Å². The highest BCUT2D eigenvalue weighted by molar-refractivity contribution is 5.24. The Morgan fingerprint density at radius 3 is 2.18 bits per heavy atom. The number of fused-ring (bicyclic) bond motifs is 3. The van der Waals surface area contributed by atoms with Gasteiger partial charge in [0.25, 0.3) is 0 Å². The van der Waals surface area contributed by atoms with Crippen molar-refractivity contribution in [1.82, 2.24) is 10.2 Å². The Morgan fingerprint density at radius 2 is 1.50 bits per heavy atom. The van der Waals surface area contributed by atoms with Gasteiger partial charge in [-0.1, -0.05) is 60.7 Å². The first kappa shape index (κ1) is 14.0. The van der Waals surface area contributed by atoms with Crippen LogP contribution in [0.15, 0.2) is 60.7 Å². The molecule has 1 N–H and O–H groups in total. The first-order valence-corrected chi connectivity index (χ1v) is 8.48. The Morgan fingerprint density at radius 1 is 0.864 bits per heavy atom. The van der Waals surface area contributed by atoms with E-state index in [-0.39, 0.29) is 0 Å². The highest BCUT2D eigenvalue weighted by atomic mass is 15.2. The molecule has 3 saturated heterocycles. The van der Waals surface area contributed by atoms with E-state index in [4.69, 9.17) is 0 Å². The molecule has 0 radical (unpaired) electrons. The Balaban J connectivity index is 1.55. The third-order valence-corrected chi connectivity index (χ3v) is 5.34. The van der Waals surface area contributed by atoms with Crippen LogP contribution in [0, 0.1) is 5.92 Å². The van der Waals surface area contributed by atoms with Crippen molar-refractivity contribution >= 4 is 0 Å². The summed E-state index contributed by atoms with van der Waals surface area (Å²) in [6, 6.07) is 22.9. The average Bonchev–Trinajstić information content (AvgIpc) is 2.62. The van der Waals surface area contributed by atoms with Gasteiger partial charge in [0, 0.05) is 12.6 Å². The number of nitrogens with zero attached hydrogens (tertiary/aromatic N) is 1. The van der Waals surface area contributed by atoms with Gasteiger partial charge >= 0.3 is 0 Å². The van der Waals surface area contributed by atoms with E-state index >= 15 is 0 Å². The molecule has 3 aliphatic rings. The lowest BCUT2D eigenvalue weighted by Gasteiger charge is -2.51. The van der Waals surface area contributed by atoms with Crippen LogP contribution in [0.2, 0.25) is 0 Å². The van der Waals surface area contributed by atoms with Gasteiger partial charge in [-0.3, -0.25) is 4.90 Å². The number of hydrogen-bond donors (Lipinski definition) is 1. The van der Waals surface area contributed by atoms with E-state index in [1.54, 1.807) is 0 Å². The van der Waals surface area contributed by atoms with Gasteiger partial charge in [-0.15, -0.1) is 0 Å². The van der Waals surface area contributed by atoms with Crippen LogP contribution in [-0.2, 0) is 6.54 Å². The second kappa shape index (κ2) is 6.23. The van der Waals surface area contributed by atoms with Crippen LogP contribution >= 0.6 is 0 Å². The summed E-state index contributed by atoms with van der Waals surface area (Å²) in [5.41, 5.74) is 2.85. The smallest absolute Gasteiger partial charge is 0.0504 e. The largest absolute Gasteiger partial charge is 0.308 e. The zero-order chi connectivity index (χ0) is 14.8. The molecular formula is C20H24N2. The van der Waals surface area contributed by atoms with Gasteiger partial charge in [-0.05, 0) is 43.0 Å². The van der Waals surface area contributed by atoms with Crippen LogP contribution in [-0.4, -0.2) is 24.0 Å². The minimum absolute atomic E-state index is 0.539. The summed E-state index contributed by atoms with van der Waals surface area (Å²) >= 11 is 0. The van der Waals surface area contributed by atoms with Crippen molar-refractivity contribution < 1.29 is 0 Å². The SMILES string of the molecule is c1ccc(CN[C@@H]2C3CCN(CC3)C2c2ccccc2)cc1. The van der Waals surface area contributed by atoms with E-state index in [2.05, 4.69) is 70.9 Å². The Bertz CT molecular complexity index is 588. The molecule has 3 aliphatic heterocycles. The van der Waals surface area contributed by atoms with Crippen LogP contribution in [0.1, 0.15) is 30.0 Å². The lowest BCUT2D eigenvalue weighted by atomic mass is 9.76. The summed E-state index contributed by atoms with van der Waals surface area (Å²) < 4.78 is 0. The van der Waals surface area contributed by atoms with Crippen molar-refractivity contribution in [2.75, 3.05) is 13.1 Å². The standard InChI is InChI=1S/C20H24N2/c1-3-7-16(8-4-1)15-21-19-17-11-13-22(14-12-17)20(19)18-9-5-2-6-10-18/h1-10,17,19-21H,11-15H2/t19-,20?/m1/s1. The highest BCUT2D eigenvalue weighted by Crippen LogP contribution is 2.40. The van der Waals surface area contributed by atoms with Crippen LogP contribution < -0.4 is 5.32 Å². The number of piperidine rings is 3. The van der Waals surface area contributed by atoms with Crippen LogP contribution in [0.5, 0.6) is 0 Å². The first-order chi connectivity index (χ1) is 10.9. The molecule has 2 nitrogen and oxygen atoms in total. The van der Waals surface area contributed by atoms with Gasteiger partial charge in [0.1, 0.15) is 0 Å². The van der Waals surface area contributed by atoms with Crippen molar-refractivity contribution in [2.45, 2.75) is 31.5 Å². The van der Waals surface area contributed by atoms with Crippen molar-refractivity contribution in [3.8, 4) is 0 Å². The number of nitrogens with one attached hydrogen (secondary N) is 1. The number of benzene rings is 2. The minimum Gasteiger partial charge on any atom is -0.308 e. The fourth-order valence-electron chi connectivity index (χ4n) is 4.22. The van der Waals surface area contributed by atoms with Crippen LogP contribution in [0.25, 0.3) is 0 Å². The molecule has 3 fully saturated rings. The Hall–Kier alpha value is -1.64. The van der Waals surface area contributed by atoms with E-state index in [0.717, 1.165) is 12.5 Å². The van der Waals surface area contributed by atoms with Gasteiger partial charge in [0.2, 0.25) is 0 Å². The van der Waals surface area contributed by atoms with Gasteiger partial charge in [-0.2, -0.15) is 0 Å². The summed E-state index contributed by atoms with van der Waals surface area (Å²) in [5, 5.41) is 3.88. The first-order valence-electron chi connectivity index (χ1n) is 8.48. The monoisotopic (exact) mass is 292 g/mol. The van der Waals surface area contributed by atoms with Crippen molar-refractivity contribution in [3.05, 3.63) is 71.8 Å². The molecule has 2 atom stereocenters. The molecule has 2 bridgehead atoms. The van der Waals surface area contributed by atoms with Crippen LogP contribution in [0.3, 0.4) is 0 Å². The fourth-order valence-corrected chi connectivity index (χ4v) is 4.22. The molecule has 3 heterocycles. The molecular weight excluding hydrogens is 268 g/mol. The van der Waals surface area contributed by atoms with E-state index in [9.17, 15) is 0 Å². The molecule has 5 rings (SSSR count). The maximum Gasteiger partial charge on any atom is 0.0504 e. The molecule has 0 aromatic heterocycles. The van der Waals surface area contributed by atoms with Crippen LogP contribution in [0.4, 0.5) is 0 Å². The molecule has 0 aliphatic carbocycles. The number of rotatable bonds is 4. The highest BCUT2D eigenvalue weighted by Gasteiger charge is 2.42. The van der Waals surface area contributed by atoms with E-state index < -0.39 is 0 Å². The quantitative estimate of drug-likeness (QED) is 0.926. The van der Waals surface area contributed by atoms with Crippen molar-refractivity contribution in [2.24, 2.45) is 5.92 Å².